The minimum atomic E-state index is 0.385. The molecule has 5 nitrogen and oxygen atoms in total. The monoisotopic (exact) mass is 244 g/mol. The molecule has 0 bridgehead atoms. The molecule has 0 aliphatic carbocycles. The average molecular weight is 244 g/mol. The first kappa shape index (κ1) is 14.9. The fourth-order valence-electron chi connectivity index (χ4n) is 2.21. The van der Waals surface area contributed by atoms with Gasteiger partial charge in [0.25, 0.3) is 0 Å². The van der Waals surface area contributed by atoms with Gasteiger partial charge in [0.1, 0.15) is 0 Å². The van der Waals surface area contributed by atoms with Gasteiger partial charge in [-0.05, 0) is 14.1 Å². The largest absolute Gasteiger partial charge is 0.383 e. The van der Waals surface area contributed by atoms with Crippen molar-refractivity contribution in [3.8, 4) is 0 Å². The van der Waals surface area contributed by atoms with Crippen molar-refractivity contribution in [1.82, 2.24) is 14.7 Å². The molecule has 2 N–H and O–H groups in total. The van der Waals surface area contributed by atoms with Crippen molar-refractivity contribution < 1.29 is 4.74 Å². The summed E-state index contributed by atoms with van der Waals surface area (Å²) in [4.78, 5) is 7.21. The topological polar surface area (TPSA) is 45.0 Å². The highest BCUT2D eigenvalue weighted by Crippen LogP contribution is 2.06. The van der Waals surface area contributed by atoms with E-state index in [2.05, 4.69) is 28.8 Å². The lowest BCUT2D eigenvalue weighted by molar-refractivity contribution is 0.0514. The van der Waals surface area contributed by atoms with Crippen LogP contribution in [0.5, 0.6) is 0 Å². The summed E-state index contributed by atoms with van der Waals surface area (Å²) >= 11 is 0. The van der Waals surface area contributed by atoms with Crippen molar-refractivity contribution in [2.24, 2.45) is 5.73 Å². The zero-order valence-corrected chi connectivity index (χ0v) is 11.6. The molecule has 1 heterocycles. The molecule has 0 amide bonds. The van der Waals surface area contributed by atoms with Crippen molar-refractivity contribution in [3.63, 3.8) is 0 Å². The maximum Gasteiger partial charge on any atom is 0.0630 e. The molecule has 0 aromatic carbocycles. The summed E-state index contributed by atoms with van der Waals surface area (Å²) in [5.41, 5.74) is 5.78. The zero-order chi connectivity index (χ0) is 12.7. The van der Waals surface area contributed by atoms with Crippen LogP contribution in [0.15, 0.2) is 0 Å². The van der Waals surface area contributed by atoms with Crippen LogP contribution >= 0.6 is 0 Å². The summed E-state index contributed by atoms with van der Waals surface area (Å²) in [6.07, 6.45) is 0. The van der Waals surface area contributed by atoms with Gasteiger partial charge >= 0.3 is 0 Å². The first-order valence-electron chi connectivity index (χ1n) is 6.47. The van der Waals surface area contributed by atoms with Gasteiger partial charge in [0.2, 0.25) is 0 Å². The predicted molar refractivity (Wildman–Crippen MR) is 71.3 cm³/mol. The van der Waals surface area contributed by atoms with Crippen molar-refractivity contribution in [3.05, 3.63) is 0 Å². The SMILES string of the molecule is COCC(CN)N1CCN(CCN(C)C)CC1. The van der Waals surface area contributed by atoms with Crippen LogP contribution in [0, 0.1) is 0 Å². The second kappa shape index (κ2) is 8.00. The van der Waals surface area contributed by atoms with Gasteiger partial charge in [-0.1, -0.05) is 0 Å². The first-order chi connectivity index (χ1) is 8.17. The quantitative estimate of drug-likeness (QED) is 0.631. The van der Waals surface area contributed by atoms with Gasteiger partial charge in [-0.25, -0.2) is 0 Å². The van der Waals surface area contributed by atoms with E-state index in [1.54, 1.807) is 7.11 Å². The Morgan fingerprint density at radius 1 is 1.24 bits per heavy atom. The van der Waals surface area contributed by atoms with Gasteiger partial charge in [0, 0.05) is 59.0 Å². The molecule has 0 spiro atoms. The number of hydrogen-bond acceptors (Lipinski definition) is 5. The molecule has 0 saturated carbocycles. The molecule has 5 heteroatoms. The van der Waals surface area contributed by atoms with E-state index in [0.717, 1.165) is 39.3 Å². The maximum absolute atomic E-state index is 5.78. The normalized spacial score (nSPS) is 21.0. The van der Waals surface area contributed by atoms with E-state index < -0.39 is 0 Å². The van der Waals surface area contributed by atoms with Crippen molar-refractivity contribution in [1.29, 1.82) is 0 Å². The Kier molecular flexibility index (Phi) is 6.99. The Morgan fingerprint density at radius 2 is 1.88 bits per heavy atom. The molecule has 17 heavy (non-hydrogen) atoms. The van der Waals surface area contributed by atoms with Crippen LogP contribution in [0.25, 0.3) is 0 Å². The van der Waals surface area contributed by atoms with Crippen LogP contribution in [0.3, 0.4) is 0 Å². The molecule has 1 aliphatic rings. The number of ether oxygens (including phenoxy) is 1. The Balaban J connectivity index is 2.24. The number of nitrogens with two attached hydrogens (primary N) is 1. The highest BCUT2D eigenvalue weighted by molar-refractivity contribution is 4.79. The number of nitrogens with zero attached hydrogens (tertiary/aromatic N) is 3. The highest BCUT2D eigenvalue weighted by Gasteiger charge is 2.22. The lowest BCUT2D eigenvalue weighted by Crippen LogP contribution is -2.54. The first-order valence-corrected chi connectivity index (χ1v) is 6.47. The van der Waals surface area contributed by atoms with Gasteiger partial charge < -0.3 is 15.4 Å². The molecule has 1 rings (SSSR count). The predicted octanol–water partition coefficient (Wildman–Crippen LogP) is -0.861. The van der Waals surface area contributed by atoms with Crippen molar-refractivity contribution >= 4 is 0 Å². The fourth-order valence-corrected chi connectivity index (χ4v) is 2.21. The number of rotatable bonds is 7. The van der Waals surface area contributed by atoms with Crippen molar-refractivity contribution in [2.75, 3.05) is 73.6 Å². The van der Waals surface area contributed by atoms with E-state index in [0.29, 0.717) is 12.6 Å². The molecular formula is C12H28N4O. The third kappa shape index (κ3) is 5.31. The van der Waals surface area contributed by atoms with Crippen LogP contribution in [0.2, 0.25) is 0 Å². The molecular weight excluding hydrogens is 216 g/mol. The van der Waals surface area contributed by atoms with Gasteiger partial charge in [-0.2, -0.15) is 0 Å². The Labute approximate surface area is 105 Å². The summed E-state index contributed by atoms with van der Waals surface area (Å²) in [5, 5.41) is 0. The van der Waals surface area contributed by atoms with Crippen LogP contribution in [-0.4, -0.2) is 94.4 Å². The van der Waals surface area contributed by atoms with E-state index in [9.17, 15) is 0 Å². The molecule has 0 radical (unpaired) electrons. The maximum atomic E-state index is 5.78. The highest BCUT2D eigenvalue weighted by atomic mass is 16.5. The third-order valence-corrected chi connectivity index (χ3v) is 3.42. The Bertz CT molecular complexity index is 193. The summed E-state index contributed by atoms with van der Waals surface area (Å²) < 4.78 is 5.21. The standard InChI is InChI=1S/C12H28N4O/c1-14(2)4-5-15-6-8-16(9-7-15)12(10-13)11-17-3/h12H,4-11,13H2,1-3H3. The lowest BCUT2D eigenvalue weighted by Gasteiger charge is -2.39. The summed E-state index contributed by atoms with van der Waals surface area (Å²) in [5.74, 6) is 0. The fraction of sp³-hybridized carbons (Fsp3) is 1.00. The number of piperazine rings is 1. The molecule has 1 fully saturated rings. The zero-order valence-electron chi connectivity index (χ0n) is 11.6. The molecule has 1 aliphatic heterocycles. The Hall–Kier alpha value is -0.200. The molecule has 1 saturated heterocycles. The van der Waals surface area contributed by atoms with Crippen LogP contribution in [0.1, 0.15) is 0 Å². The molecule has 0 aromatic rings. The van der Waals surface area contributed by atoms with E-state index in [4.69, 9.17) is 10.5 Å². The minimum absolute atomic E-state index is 0.385. The summed E-state index contributed by atoms with van der Waals surface area (Å²) in [7, 11) is 5.99. The minimum Gasteiger partial charge on any atom is -0.383 e. The van der Waals surface area contributed by atoms with E-state index in [1.165, 1.54) is 6.54 Å². The van der Waals surface area contributed by atoms with Gasteiger partial charge in [0.05, 0.1) is 6.61 Å². The van der Waals surface area contributed by atoms with Crippen LogP contribution in [-0.2, 0) is 4.74 Å². The summed E-state index contributed by atoms with van der Waals surface area (Å²) in [6, 6.07) is 0.385. The average Bonchev–Trinajstić information content (AvgIpc) is 2.34. The number of hydrogen-bond donors (Lipinski definition) is 1. The number of likely N-dealkylation sites (N-methyl/N-ethyl adjacent to an activating group) is 1. The lowest BCUT2D eigenvalue weighted by atomic mass is 10.2. The van der Waals surface area contributed by atoms with E-state index in [-0.39, 0.29) is 0 Å². The van der Waals surface area contributed by atoms with Gasteiger partial charge in [-0.3, -0.25) is 9.80 Å². The van der Waals surface area contributed by atoms with Crippen LogP contribution in [0.4, 0.5) is 0 Å². The van der Waals surface area contributed by atoms with Gasteiger partial charge in [-0.15, -0.1) is 0 Å². The second-order valence-electron chi connectivity index (χ2n) is 5.03. The van der Waals surface area contributed by atoms with Crippen molar-refractivity contribution in [2.45, 2.75) is 6.04 Å². The molecule has 0 aromatic heterocycles. The van der Waals surface area contributed by atoms with E-state index >= 15 is 0 Å². The third-order valence-electron chi connectivity index (χ3n) is 3.42. The Morgan fingerprint density at radius 3 is 2.35 bits per heavy atom. The summed E-state index contributed by atoms with van der Waals surface area (Å²) in [6.45, 7) is 8.25. The second-order valence-corrected chi connectivity index (χ2v) is 5.03. The molecule has 1 unspecified atom stereocenters. The number of methoxy groups -OCH3 is 1. The van der Waals surface area contributed by atoms with Crippen LogP contribution < -0.4 is 5.73 Å². The smallest absolute Gasteiger partial charge is 0.0630 e. The van der Waals surface area contributed by atoms with Gasteiger partial charge in [0.15, 0.2) is 0 Å². The van der Waals surface area contributed by atoms with E-state index in [1.807, 2.05) is 0 Å². The molecule has 102 valence electrons. The molecule has 1 atom stereocenters.